The third-order valence-electron chi connectivity index (χ3n) is 5.36. The number of aryl methyl sites for hydroxylation is 1. The zero-order valence-electron chi connectivity index (χ0n) is 15.3. The lowest BCUT2D eigenvalue weighted by atomic mass is 9.99. The molecule has 0 bridgehead atoms. The number of aromatic nitrogens is 4. The topological polar surface area (TPSA) is 96.2 Å². The molecule has 2 aliphatic rings. The number of hydrogen-bond acceptors (Lipinski definition) is 6. The Hall–Kier alpha value is -2.32. The van der Waals surface area contributed by atoms with Crippen molar-refractivity contribution >= 4 is 5.91 Å². The van der Waals surface area contributed by atoms with E-state index in [1.54, 1.807) is 9.58 Å². The number of rotatable bonds is 3. The van der Waals surface area contributed by atoms with Crippen LogP contribution in [-0.2, 0) is 13.0 Å². The van der Waals surface area contributed by atoms with E-state index in [1.807, 2.05) is 26.0 Å². The highest BCUT2D eigenvalue weighted by molar-refractivity contribution is 5.95. The Labute approximate surface area is 152 Å². The summed E-state index contributed by atoms with van der Waals surface area (Å²) in [4.78, 5) is 15.1. The van der Waals surface area contributed by atoms with Crippen molar-refractivity contribution in [1.29, 1.82) is 0 Å². The summed E-state index contributed by atoms with van der Waals surface area (Å²) in [5.41, 5.74) is 4.10. The molecule has 2 N–H and O–H groups in total. The molecular formula is C18H24N6O2. The molecule has 2 aromatic heterocycles. The summed E-state index contributed by atoms with van der Waals surface area (Å²) in [6.45, 7) is 6.91. The van der Waals surface area contributed by atoms with E-state index in [0.717, 1.165) is 29.1 Å². The first-order valence-corrected chi connectivity index (χ1v) is 9.05. The SMILES string of the molecule is Cc1ccc(C(C)N2C[C@@H](CO)n3nc4c(c3C2=O)CN[C@H](C)C4)nn1. The Morgan fingerprint density at radius 1 is 1.38 bits per heavy atom. The van der Waals surface area contributed by atoms with Gasteiger partial charge in [-0.25, -0.2) is 0 Å². The molecule has 0 saturated carbocycles. The van der Waals surface area contributed by atoms with Crippen LogP contribution < -0.4 is 5.32 Å². The lowest BCUT2D eigenvalue weighted by Gasteiger charge is -2.36. The molecule has 2 aliphatic heterocycles. The summed E-state index contributed by atoms with van der Waals surface area (Å²) in [6, 6.07) is 3.66. The van der Waals surface area contributed by atoms with Crippen molar-refractivity contribution in [2.24, 2.45) is 0 Å². The van der Waals surface area contributed by atoms with Crippen molar-refractivity contribution in [2.75, 3.05) is 13.2 Å². The first-order valence-electron chi connectivity index (χ1n) is 9.05. The fourth-order valence-corrected chi connectivity index (χ4v) is 3.78. The van der Waals surface area contributed by atoms with E-state index in [-0.39, 0.29) is 24.6 Å². The Balaban J connectivity index is 1.72. The minimum absolute atomic E-state index is 0.0605. The summed E-state index contributed by atoms with van der Waals surface area (Å²) >= 11 is 0. The molecule has 1 amide bonds. The van der Waals surface area contributed by atoms with E-state index in [4.69, 9.17) is 0 Å². The number of hydrogen-bond donors (Lipinski definition) is 2. The molecule has 0 aromatic carbocycles. The molecule has 0 saturated heterocycles. The van der Waals surface area contributed by atoms with E-state index in [2.05, 4.69) is 27.5 Å². The molecule has 0 radical (unpaired) electrons. The molecule has 0 spiro atoms. The lowest BCUT2D eigenvalue weighted by molar-refractivity contribution is 0.0514. The average molecular weight is 356 g/mol. The van der Waals surface area contributed by atoms with Gasteiger partial charge in [0.2, 0.25) is 0 Å². The second-order valence-corrected chi connectivity index (χ2v) is 7.27. The van der Waals surface area contributed by atoms with E-state index >= 15 is 0 Å². The standard InChI is InChI=1S/C18H24N6O2/c1-10-4-5-15(21-20-10)12(3)23-8-13(9-25)24-17(18(23)26)14-7-19-11(2)6-16(14)22-24/h4-5,11-13,19,25H,6-9H2,1-3H3/t11-,12?,13+/m1/s1. The van der Waals surface area contributed by atoms with Gasteiger partial charge >= 0.3 is 0 Å². The van der Waals surface area contributed by atoms with Crippen molar-refractivity contribution in [1.82, 2.24) is 30.2 Å². The number of carbonyl (C=O) groups excluding carboxylic acids is 1. The number of fused-ring (bicyclic) bond motifs is 3. The zero-order chi connectivity index (χ0) is 18.4. The van der Waals surface area contributed by atoms with Crippen LogP contribution >= 0.6 is 0 Å². The van der Waals surface area contributed by atoms with Crippen LogP contribution in [0, 0.1) is 6.92 Å². The molecule has 0 aliphatic carbocycles. The fourth-order valence-electron chi connectivity index (χ4n) is 3.78. The molecule has 4 heterocycles. The predicted molar refractivity (Wildman–Crippen MR) is 94.6 cm³/mol. The molecule has 8 nitrogen and oxygen atoms in total. The molecule has 1 unspecified atom stereocenters. The van der Waals surface area contributed by atoms with Crippen LogP contribution in [0.5, 0.6) is 0 Å². The first kappa shape index (κ1) is 17.1. The summed E-state index contributed by atoms with van der Waals surface area (Å²) in [5, 5.41) is 26.3. The van der Waals surface area contributed by atoms with Crippen LogP contribution in [-0.4, -0.2) is 55.1 Å². The molecule has 26 heavy (non-hydrogen) atoms. The lowest BCUT2D eigenvalue weighted by Crippen LogP contribution is -2.46. The van der Waals surface area contributed by atoms with Crippen LogP contribution in [0.1, 0.15) is 59.1 Å². The summed E-state index contributed by atoms with van der Waals surface area (Å²) < 4.78 is 1.73. The largest absolute Gasteiger partial charge is 0.394 e. The molecule has 8 heteroatoms. The summed E-state index contributed by atoms with van der Waals surface area (Å²) in [6.07, 6.45) is 0.791. The Morgan fingerprint density at radius 2 is 2.19 bits per heavy atom. The first-order chi connectivity index (χ1) is 12.5. The minimum atomic E-state index is -0.246. The second kappa shape index (κ2) is 6.44. The maximum absolute atomic E-state index is 13.3. The summed E-state index contributed by atoms with van der Waals surface area (Å²) in [5.74, 6) is -0.0605. The predicted octanol–water partition coefficient (Wildman–Crippen LogP) is 0.766. The van der Waals surface area contributed by atoms with Gasteiger partial charge in [-0.05, 0) is 32.9 Å². The average Bonchev–Trinajstić information content (AvgIpc) is 3.01. The Bertz CT molecular complexity index is 831. The van der Waals surface area contributed by atoms with Gasteiger partial charge in [-0.1, -0.05) is 0 Å². The van der Waals surface area contributed by atoms with Crippen molar-refractivity contribution in [3.05, 3.63) is 40.5 Å². The highest BCUT2D eigenvalue weighted by Crippen LogP contribution is 2.32. The molecule has 3 atom stereocenters. The maximum atomic E-state index is 13.3. The Morgan fingerprint density at radius 3 is 2.88 bits per heavy atom. The van der Waals surface area contributed by atoms with Crippen molar-refractivity contribution in [2.45, 2.75) is 51.9 Å². The third-order valence-corrected chi connectivity index (χ3v) is 5.36. The number of nitrogens with zero attached hydrogens (tertiary/aromatic N) is 5. The molecule has 4 rings (SSSR count). The van der Waals surface area contributed by atoms with Crippen LogP contribution in [0.25, 0.3) is 0 Å². The fraction of sp³-hybridized carbons (Fsp3) is 0.556. The molecule has 0 fully saturated rings. The normalized spacial score (nSPS) is 23.5. The van der Waals surface area contributed by atoms with Gasteiger partial charge in [0.05, 0.1) is 35.8 Å². The molecule has 138 valence electrons. The van der Waals surface area contributed by atoms with Crippen molar-refractivity contribution in [3.63, 3.8) is 0 Å². The number of nitrogens with one attached hydrogen (secondary N) is 1. The Kier molecular flexibility index (Phi) is 4.24. The van der Waals surface area contributed by atoms with Crippen LogP contribution in [0.15, 0.2) is 12.1 Å². The monoisotopic (exact) mass is 356 g/mol. The highest BCUT2D eigenvalue weighted by Gasteiger charge is 2.39. The highest BCUT2D eigenvalue weighted by atomic mass is 16.3. The van der Waals surface area contributed by atoms with Crippen molar-refractivity contribution in [3.8, 4) is 0 Å². The number of amides is 1. The van der Waals surface area contributed by atoms with Gasteiger partial charge in [0.1, 0.15) is 5.69 Å². The van der Waals surface area contributed by atoms with E-state index < -0.39 is 0 Å². The van der Waals surface area contributed by atoms with Gasteiger partial charge in [-0.15, -0.1) is 0 Å². The van der Waals surface area contributed by atoms with Gasteiger partial charge in [0.25, 0.3) is 5.91 Å². The van der Waals surface area contributed by atoms with Crippen LogP contribution in [0.4, 0.5) is 0 Å². The van der Waals surface area contributed by atoms with E-state index in [1.165, 1.54) is 0 Å². The smallest absolute Gasteiger partial charge is 0.273 e. The van der Waals surface area contributed by atoms with Gasteiger partial charge in [0.15, 0.2) is 0 Å². The zero-order valence-corrected chi connectivity index (χ0v) is 15.3. The number of aliphatic hydroxyl groups excluding tert-OH is 1. The second-order valence-electron chi connectivity index (χ2n) is 7.27. The van der Waals surface area contributed by atoms with Gasteiger partial charge < -0.3 is 15.3 Å². The van der Waals surface area contributed by atoms with Crippen LogP contribution in [0.2, 0.25) is 0 Å². The molecule has 2 aromatic rings. The number of carbonyl (C=O) groups is 1. The van der Waals surface area contributed by atoms with Gasteiger partial charge in [-0.3, -0.25) is 9.48 Å². The maximum Gasteiger partial charge on any atom is 0.273 e. The third kappa shape index (κ3) is 2.69. The minimum Gasteiger partial charge on any atom is -0.394 e. The quantitative estimate of drug-likeness (QED) is 0.843. The van der Waals surface area contributed by atoms with Crippen LogP contribution in [0.3, 0.4) is 0 Å². The van der Waals surface area contributed by atoms with Crippen molar-refractivity contribution < 1.29 is 9.90 Å². The van der Waals surface area contributed by atoms with Gasteiger partial charge in [0, 0.05) is 31.1 Å². The van der Waals surface area contributed by atoms with E-state index in [0.29, 0.717) is 24.8 Å². The number of aliphatic hydroxyl groups is 1. The molecular weight excluding hydrogens is 332 g/mol. The van der Waals surface area contributed by atoms with Gasteiger partial charge in [-0.2, -0.15) is 15.3 Å². The summed E-state index contributed by atoms with van der Waals surface area (Å²) in [7, 11) is 0. The van der Waals surface area contributed by atoms with E-state index in [9.17, 15) is 9.90 Å².